The molecule has 0 radical (unpaired) electrons. The summed E-state index contributed by atoms with van der Waals surface area (Å²) in [7, 11) is 1.74. The molecule has 3 N–H and O–H groups in total. The molecule has 1 atom stereocenters. The number of benzene rings is 1. The van der Waals surface area contributed by atoms with Crippen molar-refractivity contribution in [3.63, 3.8) is 0 Å². The monoisotopic (exact) mass is 407 g/mol. The van der Waals surface area contributed by atoms with Crippen LogP contribution >= 0.6 is 11.8 Å². The Kier molecular flexibility index (Phi) is 6.38. The molecular formula is C21H21N5O2S. The normalized spacial score (nSPS) is 13.9. The van der Waals surface area contributed by atoms with Crippen molar-refractivity contribution in [3.05, 3.63) is 52.6 Å². The summed E-state index contributed by atoms with van der Waals surface area (Å²) >= 11 is 1.12. The van der Waals surface area contributed by atoms with Crippen LogP contribution in [0.1, 0.15) is 46.3 Å². The number of nitriles is 2. The second-order valence-corrected chi connectivity index (χ2v) is 7.95. The molecule has 0 bridgehead atoms. The molecule has 0 saturated heterocycles. The molecule has 1 aliphatic carbocycles. The maximum Gasteiger partial charge on any atom is 0.235 e. The lowest BCUT2D eigenvalue weighted by atomic mass is 10.00. The molecule has 2 aromatic rings. The number of anilines is 1. The lowest BCUT2D eigenvalue weighted by molar-refractivity contribution is -0.117. The third-order valence-corrected chi connectivity index (χ3v) is 6.04. The number of carbonyl (C=O) groups excluding carboxylic acids is 1. The van der Waals surface area contributed by atoms with Gasteiger partial charge in [0.25, 0.3) is 0 Å². The Balaban J connectivity index is 2.16. The number of rotatable bonds is 8. The number of likely N-dealkylation sites (N-methyl/N-ethyl adjacent to an activating group) is 1. The van der Waals surface area contributed by atoms with E-state index in [1.807, 2.05) is 18.2 Å². The predicted molar refractivity (Wildman–Crippen MR) is 110 cm³/mol. The number of hydrogen-bond acceptors (Lipinski definition) is 7. The van der Waals surface area contributed by atoms with E-state index in [1.54, 1.807) is 24.1 Å². The van der Waals surface area contributed by atoms with Gasteiger partial charge in [-0.2, -0.15) is 10.5 Å². The van der Waals surface area contributed by atoms with Crippen LogP contribution in [-0.4, -0.2) is 36.2 Å². The molecule has 8 heteroatoms. The zero-order valence-corrected chi connectivity index (χ0v) is 16.8. The first kappa shape index (κ1) is 20.7. The van der Waals surface area contributed by atoms with Crippen LogP contribution in [0.3, 0.4) is 0 Å². The largest absolute Gasteiger partial charge is 0.395 e. The highest BCUT2D eigenvalue weighted by Gasteiger charge is 2.34. The number of nitrogens with zero attached hydrogens (tertiary/aromatic N) is 4. The molecule has 1 aliphatic rings. The fraction of sp³-hybridized carbons (Fsp3) is 0.333. The fourth-order valence-corrected chi connectivity index (χ4v) is 4.26. The SMILES string of the molecule is CN(CCO)c1nc(SC(C(N)=O)c2ccccc2)c(C#N)c(C2CC2)c1C#N. The van der Waals surface area contributed by atoms with E-state index in [1.165, 1.54) is 0 Å². The molecule has 1 fully saturated rings. The maximum absolute atomic E-state index is 12.2. The van der Waals surface area contributed by atoms with Crippen molar-refractivity contribution in [3.8, 4) is 12.1 Å². The second-order valence-electron chi connectivity index (χ2n) is 6.86. The Morgan fingerprint density at radius 3 is 2.48 bits per heavy atom. The van der Waals surface area contributed by atoms with Crippen LogP contribution in [0.2, 0.25) is 0 Å². The van der Waals surface area contributed by atoms with Gasteiger partial charge in [0.2, 0.25) is 5.91 Å². The molecule has 0 aliphatic heterocycles. The van der Waals surface area contributed by atoms with Crippen LogP contribution in [0.4, 0.5) is 5.82 Å². The van der Waals surface area contributed by atoms with Gasteiger partial charge in [0.05, 0.1) is 17.7 Å². The van der Waals surface area contributed by atoms with E-state index < -0.39 is 11.2 Å². The summed E-state index contributed by atoms with van der Waals surface area (Å²) < 4.78 is 0. The van der Waals surface area contributed by atoms with Crippen molar-refractivity contribution in [2.24, 2.45) is 5.73 Å². The van der Waals surface area contributed by atoms with Gasteiger partial charge in [0.15, 0.2) is 0 Å². The number of nitrogens with two attached hydrogens (primary N) is 1. The van der Waals surface area contributed by atoms with Gasteiger partial charge in [0.1, 0.15) is 28.2 Å². The van der Waals surface area contributed by atoms with Gasteiger partial charge < -0.3 is 15.7 Å². The Hall–Kier alpha value is -3.07. The Morgan fingerprint density at radius 1 is 1.31 bits per heavy atom. The van der Waals surface area contributed by atoms with Crippen molar-refractivity contribution in [2.75, 3.05) is 25.1 Å². The van der Waals surface area contributed by atoms with Gasteiger partial charge in [-0.15, -0.1) is 0 Å². The van der Waals surface area contributed by atoms with Crippen molar-refractivity contribution in [1.29, 1.82) is 10.5 Å². The first-order valence-corrected chi connectivity index (χ1v) is 10.1. The van der Waals surface area contributed by atoms with Gasteiger partial charge in [-0.1, -0.05) is 42.1 Å². The molecule has 1 heterocycles. The van der Waals surface area contributed by atoms with Gasteiger partial charge in [-0.05, 0) is 29.9 Å². The van der Waals surface area contributed by atoms with E-state index in [0.29, 0.717) is 34.1 Å². The van der Waals surface area contributed by atoms with Gasteiger partial charge in [0, 0.05) is 13.6 Å². The van der Waals surface area contributed by atoms with Crippen LogP contribution in [0, 0.1) is 22.7 Å². The van der Waals surface area contributed by atoms with Gasteiger partial charge in [-0.3, -0.25) is 4.79 Å². The molecule has 1 aromatic carbocycles. The minimum absolute atomic E-state index is 0.0990. The van der Waals surface area contributed by atoms with Crippen LogP contribution < -0.4 is 10.6 Å². The molecule has 7 nitrogen and oxygen atoms in total. The highest BCUT2D eigenvalue weighted by Crippen LogP contribution is 2.48. The van der Waals surface area contributed by atoms with Crippen molar-refractivity contribution < 1.29 is 9.90 Å². The molecule has 29 heavy (non-hydrogen) atoms. The Labute approximate surface area is 173 Å². The van der Waals surface area contributed by atoms with E-state index in [0.717, 1.165) is 30.2 Å². The summed E-state index contributed by atoms with van der Waals surface area (Å²) in [5.41, 5.74) is 7.75. The lowest BCUT2D eigenvalue weighted by Crippen LogP contribution is -2.25. The maximum atomic E-state index is 12.2. The number of thioether (sulfide) groups is 1. The molecule has 1 aromatic heterocycles. The summed E-state index contributed by atoms with van der Waals surface area (Å²) in [6, 6.07) is 13.5. The van der Waals surface area contributed by atoms with Crippen LogP contribution in [0.5, 0.6) is 0 Å². The van der Waals surface area contributed by atoms with Crippen LogP contribution in [-0.2, 0) is 4.79 Å². The number of hydrogen-bond donors (Lipinski definition) is 2. The first-order chi connectivity index (χ1) is 14.0. The zero-order chi connectivity index (χ0) is 21.0. The molecule has 3 rings (SSSR count). The number of pyridine rings is 1. The van der Waals surface area contributed by atoms with Crippen molar-refractivity contribution >= 4 is 23.5 Å². The molecule has 148 valence electrons. The Morgan fingerprint density at radius 2 is 1.97 bits per heavy atom. The minimum atomic E-state index is -0.716. The molecule has 1 unspecified atom stereocenters. The molecule has 1 amide bonds. The Bertz CT molecular complexity index is 993. The number of carbonyl (C=O) groups is 1. The van der Waals surface area contributed by atoms with Crippen molar-refractivity contribution in [2.45, 2.75) is 29.0 Å². The van der Waals surface area contributed by atoms with E-state index >= 15 is 0 Å². The third kappa shape index (κ3) is 4.34. The summed E-state index contributed by atoms with van der Waals surface area (Å²) in [6.45, 7) is 0.192. The standard InChI is InChI=1S/C21H21N5O2S/c1-26(9-10-27)20-15(11-22)17(13-7-8-13)16(12-23)21(25-20)29-18(19(24)28)14-5-3-2-4-6-14/h2-6,13,18,27H,7-10H2,1H3,(H2,24,28). The number of aromatic nitrogens is 1. The average Bonchev–Trinajstić information content (AvgIpc) is 3.56. The molecular weight excluding hydrogens is 386 g/mol. The van der Waals surface area contributed by atoms with Crippen molar-refractivity contribution in [1.82, 2.24) is 4.98 Å². The van der Waals surface area contributed by atoms with Crippen LogP contribution in [0.25, 0.3) is 0 Å². The quantitative estimate of drug-likeness (QED) is 0.643. The summed E-state index contributed by atoms with van der Waals surface area (Å²) in [6.07, 6.45) is 1.80. The molecule has 0 spiro atoms. The van der Waals surface area contributed by atoms with Crippen LogP contribution in [0.15, 0.2) is 35.4 Å². The number of aliphatic hydroxyl groups is 1. The minimum Gasteiger partial charge on any atom is -0.395 e. The number of amides is 1. The molecule has 1 saturated carbocycles. The summed E-state index contributed by atoms with van der Waals surface area (Å²) in [5, 5.41) is 28.6. The summed E-state index contributed by atoms with van der Waals surface area (Å²) in [4.78, 5) is 18.4. The van der Waals surface area contributed by atoms with E-state index in [2.05, 4.69) is 17.1 Å². The van der Waals surface area contributed by atoms with E-state index in [9.17, 15) is 20.4 Å². The zero-order valence-electron chi connectivity index (χ0n) is 16.0. The lowest BCUT2D eigenvalue weighted by Gasteiger charge is -2.23. The predicted octanol–water partition coefficient (Wildman–Crippen LogP) is 2.45. The number of primary amides is 1. The smallest absolute Gasteiger partial charge is 0.235 e. The topological polar surface area (TPSA) is 127 Å². The highest BCUT2D eigenvalue weighted by molar-refractivity contribution is 8.00. The fourth-order valence-electron chi connectivity index (χ4n) is 3.21. The highest BCUT2D eigenvalue weighted by atomic mass is 32.2. The third-order valence-electron chi connectivity index (χ3n) is 4.78. The average molecular weight is 407 g/mol. The van der Waals surface area contributed by atoms with E-state index in [-0.39, 0.29) is 12.5 Å². The second kappa shape index (κ2) is 8.95. The number of aliphatic hydroxyl groups excluding tert-OH is 1. The van der Waals surface area contributed by atoms with E-state index in [4.69, 9.17) is 5.73 Å². The van der Waals surface area contributed by atoms with Gasteiger partial charge in [-0.25, -0.2) is 4.98 Å². The first-order valence-electron chi connectivity index (χ1n) is 9.22. The summed E-state index contributed by atoms with van der Waals surface area (Å²) in [5.74, 6) is 0.00222. The van der Waals surface area contributed by atoms with Gasteiger partial charge >= 0.3 is 0 Å².